The molecule has 0 fully saturated rings. The molecule has 1 aromatic carbocycles. The molecule has 120 valence electrons. The van der Waals surface area contributed by atoms with Crippen LogP contribution in [0.4, 0.5) is 13.2 Å². The summed E-state index contributed by atoms with van der Waals surface area (Å²) in [5.74, 6) is 0.619. The van der Waals surface area contributed by atoms with Gasteiger partial charge >= 0.3 is 6.18 Å². The van der Waals surface area contributed by atoms with Gasteiger partial charge in [-0.3, -0.25) is 0 Å². The van der Waals surface area contributed by atoms with Crippen LogP contribution in [0.3, 0.4) is 0 Å². The standard InChI is InChI=1S/C14H16F3N3O2/c1-8-12(14(15,16)17)20-13(19-8)9-2-4-11(5-3-9)22-7-10(21)6-18/h2-5,10,21H,6-7,18H2,1H3,(H,19,20). The summed E-state index contributed by atoms with van der Waals surface area (Å²) in [5.41, 5.74) is 4.80. The van der Waals surface area contributed by atoms with Crippen molar-refractivity contribution in [3.8, 4) is 17.1 Å². The molecule has 2 rings (SSSR count). The number of rotatable bonds is 5. The normalized spacial score (nSPS) is 13.2. The summed E-state index contributed by atoms with van der Waals surface area (Å²) in [6.45, 7) is 1.46. The van der Waals surface area contributed by atoms with Gasteiger partial charge in [0.2, 0.25) is 0 Å². The van der Waals surface area contributed by atoms with E-state index >= 15 is 0 Å². The number of nitrogens with one attached hydrogen (secondary N) is 1. The second-order valence-corrected chi connectivity index (χ2v) is 4.78. The summed E-state index contributed by atoms with van der Waals surface area (Å²) in [6.07, 6.45) is -5.25. The monoisotopic (exact) mass is 315 g/mol. The molecule has 0 radical (unpaired) electrons. The summed E-state index contributed by atoms with van der Waals surface area (Å²) in [5, 5.41) is 9.29. The number of alkyl halides is 3. The highest BCUT2D eigenvalue weighted by Crippen LogP contribution is 2.32. The van der Waals surface area contributed by atoms with Crippen LogP contribution in [-0.4, -0.2) is 34.3 Å². The number of halogens is 3. The van der Waals surface area contributed by atoms with Crippen molar-refractivity contribution in [2.24, 2.45) is 5.73 Å². The number of aromatic amines is 1. The lowest BCUT2D eigenvalue weighted by atomic mass is 10.2. The van der Waals surface area contributed by atoms with Crippen LogP contribution in [0.15, 0.2) is 24.3 Å². The number of H-pyrrole nitrogens is 1. The topological polar surface area (TPSA) is 84.2 Å². The maximum Gasteiger partial charge on any atom is 0.435 e. The number of hydrogen-bond acceptors (Lipinski definition) is 4. The third kappa shape index (κ3) is 3.77. The number of aryl methyl sites for hydroxylation is 1. The SMILES string of the molecule is Cc1[nH]c(-c2ccc(OCC(O)CN)cc2)nc1C(F)(F)F. The average molecular weight is 315 g/mol. The Hall–Kier alpha value is -2.06. The van der Waals surface area contributed by atoms with Gasteiger partial charge in [0.05, 0.1) is 0 Å². The Bertz CT molecular complexity index is 623. The van der Waals surface area contributed by atoms with E-state index in [1.54, 1.807) is 24.3 Å². The molecule has 5 nitrogen and oxygen atoms in total. The van der Waals surface area contributed by atoms with Crippen LogP contribution in [0.2, 0.25) is 0 Å². The fourth-order valence-electron chi connectivity index (χ4n) is 1.84. The Balaban J connectivity index is 2.14. The van der Waals surface area contributed by atoms with Gasteiger partial charge in [0.25, 0.3) is 0 Å². The lowest BCUT2D eigenvalue weighted by Gasteiger charge is -2.10. The highest BCUT2D eigenvalue weighted by molar-refractivity contribution is 5.57. The highest BCUT2D eigenvalue weighted by atomic mass is 19.4. The van der Waals surface area contributed by atoms with Crippen LogP contribution in [-0.2, 0) is 6.18 Å². The van der Waals surface area contributed by atoms with E-state index in [4.69, 9.17) is 10.5 Å². The molecule has 1 heterocycles. The van der Waals surface area contributed by atoms with Crippen molar-refractivity contribution in [3.05, 3.63) is 35.7 Å². The molecular weight excluding hydrogens is 299 g/mol. The number of benzene rings is 1. The first-order chi connectivity index (χ1) is 10.3. The fourth-order valence-corrected chi connectivity index (χ4v) is 1.84. The average Bonchev–Trinajstić information content (AvgIpc) is 2.87. The molecule has 0 aliphatic rings. The van der Waals surface area contributed by atoms with Crippen LogP contribution in [0.25, 0.3) is 11.4 Å². The molecule has 1 aromatic heterocycles. The van der Waals surface area contributed by atoms with Gasteiger partial charge in [-0.05, 0) is 31.2 Å². The predicted octanol–water partition coefficient (Wildman–Crippen LogP) is 2.10. The van der Waals surface area contributed by atoms with Crippen molar-refractivity contribution in [3.63, 3.8) is 0 Å². The van der Waals surface area contributed by atoms with Gasteiger partial charge in [0, 0.05) is 17.8 Å². The molecule has 8 heteroatoms. The molecule has 4 N–H and O–H groups in total. The summed E-state index contributed by atoms with van der Waals surface area (Å²) in [4.78, 5) is 6.21. The van der Waals surface area contributed by atoms with E-state index in [0.717, 1.165) is 0 Å². The van der Waals surface area contributed by atoms with E-state index < -0.39 is 18.0 Å². The third-order valence-electron chi connectivity index (χ3n) is 3.00. The van der Waals surface area contributed by atoms with Crippen molar-refractivity contribution in [2.45, 2.75) is 19.2 Å². The number of imidazole rings is 1. The van der Waals surface area contributed by atoms with E-state index in [9.17, 15) is 18.3 Å². The number of aromatic nitrogens is 2. The number of aliphatic hydroxyl groups is 1. The first kappa shape index (κ1) is 16.3. The zero-order chi connectivity index (χ0) is 16.3. The molecule has 0 saturated carbocycles. The zero-order valence-corrected chi connectivity index (χ0v) is 11.8. The van der Waals surface area contributed by atoms with Gasteiger partial charge in [-0.2, -0.15) is 13.2 Å². The zero-order valence-electron chi connectivity index (χ0n) is 11.8. The van der Waals surface area contributed by atoms with Gasteiger partial charge in [0.15, 0.2) is 5.69 Å². The maximum absolute atomic E-state index is 12.7. The summed E-state index contributed by atoms with van der Waals surface area (Å²) < 4.78 is 43.4. The van der Waals surface area contributed by atoms with E-state index in [-0.39, 0.29) is 24.7 Å². The summed E-state index contributed by atoms with van der Waals surface area (Å²) in [6, 6.07) is 6.35. The molecule has 0 aliphatic heterocycles. The van der Waals surface area contributed by atoms with Crippen LogP contribution < -0.4 is 10.5 Å². The summed E-state index contributed by atoms with van der Waals surface area (Å²) in [7, 11) is 0. The Morgan fingerprint density at radius 3 is 2.45 bits per heavy atom. The largest absolute Gasteiger partial charge is 0.491 e. The highest BCUT2D eigenvalue weighted by Gasteiger charge is 2.36. The molecule has 0 spiro atoms. The third-order valence-corrected chi connectivity index (χ3v) is 3.00. The van der Waals surface area contributed by atoms with Gasteiger partial charge in [-0.1, -0.05) is 0 Å². The number of aliphatic hydroxyl groups excluding tert-OH is 1. The van der Waals surface area contributed by atoms with E-state index in [1.165, 1.54) is 6.92 Å². The molecule has 0 aliphatic carbocycles. The molecule has 22 heavy (non-hydrogen) atoms. The fraction of sp³-hybridized carbons (Fsp3) is 0.357. The molecule has 0 bridgehead atoms. The van der Waals surface area contributed by atoms with Crippen LogP contribution >= 0.6 is 0 Å². The minimum absolute atomic E-state index is 0.0334. The lowest BCUT2D eigenvalue weighted by molar-refractivity contribution is -0.141. The smallest absolute Gasteiger partial charge is 0.435 e. The number of nitrogens with two attached hydrogens (primary N) is 1. The maximum atomic E-state index is 12.7. The van der Waals surface area contributed by atoms with Crippen LogP contribution in [0, 0.1) is 6.92 Å². The number of nitrogens with zero attached hydrogens (tertiary/aromatic N) is 1. The minimum Gasteiger partial charge on any atom is -0.491 e. The molecule has 1 unspecified atom stereocenters. The van der Waals surface area contributed by atoms with Crippen molar-refractivity contribution in [1.29, 1.82) is 0 Å². The Kier molecular flexibility index (Phi) is 4.72. The van der Waals surface area contributed by atoms with Gasteiger partial charge < -0.3 is 20.6 Å². The van der Waals surface area contributed by atoms with E-state index in [1.807, 2.05) is 0 Å². The predicted molar refractivity (Wildman–Crippen MR) is 74.3 cm³/mol. The molecule has 1 atom stereocenters. The quantitative estimate of drug-likeness (QED) is 0.789. The van der Waals surface area contributed by atoms with E-state index in [2.05, 4.69) is 9.97 Å². The molecule has 2 aromatic rings. The minimum atomic E-state index is -4.49. The second-order valence-electron chi connectivity index (χ2n) is 4.78. The van der Waals surface area contributed by atoms with Gasteiger partial charge in [0.1, 0.15) is 24.3 Å². The Morgan fingerprint density at radius 2 is 1.95 bits per heavy atom. The molecule has 0 amide bonds. The van der Waals surface area contributed by atoms with E-state index in [0.29, 0.717) is 11.3 Å². The van der Waals surface area contributed by atoms with Crippen molar-refractivity contribution < 1.29 is 23.0 Å². The first-order valence-corrected chi connectivity index (χ1v) is 6.56. The van der Waals surface area contributed by atoms with Crippen molar-refractivity contribution in [2.75, 3.05) is 13.2 Å². The first-order valence-electron chi connectivity index (χ1n) is 6.56. The Labute approximate surface area is 124 Å². The van der Waals surface area contributed by atoms with Gasteiger partial charge in [-0.25, -0.2) is 4.98 Å². The van der Waals surface area contributed by atoms with Crippen LogP contribution in [0.1, 0.15) is 11.4 Å². The lowest BCUT2D eigenvalue weighted by Crippen LogP contribution is -2.26. The molecule has 0 saturated heterocycles. The van der Waals surface area contributed by atoms with Crippen LogP contribution in [0.5, 0.6) is 5.75 Å². The van der Waals surface area contributed by atoms with Crippen molar-refractivity contribution >= 4 is 0 Å². The second kappa shape index (κ2) is 6.37. The Morgan fingerprint density at radius 1 is 1.32 bits per heavy atom. The number of hydrogen-bond donors (Lipinski definition) is 3. The molecular formula is C14H16F3N3O2. The number of ether oxygens (including phenoxy) is 1. The van der Waals surface area contributed by atoms with Crippen molar-refractivity contribution in [1.82, 2.24) is 9.97 Å². The summed E-state index contributed by atoms with van der Waals surface area (Å²) >= 11 is 0. The van der Waals surface area contributed by atoms with Gasteiger partial charge in [-0.15, -0.1) is 0 Å².